The fraction of sp³-hybridized carbons (Fsp3) is 0.647. The van der Waals surface area contributed by atoms with Gasteiger partial charge in [-0.05, 0) is 38.0 Å². The minimum atomic E-state index is -0.208. The van der Waals surface area contributed by atoms with Gasteiger partial charge in [0.2, 0.25) is 0 Å². The van der Waals surface area contributed by atoms with Gasteiger partial charge in [-0.3, -0.25) is 0 Å². The van der Waals surface area contributed by atoms with Gasteiger partial charge in [0.05, 0.1) is 12.1 Å². The van der Waals surface area contributed by atoms with Crippen LogP contribution in [0.15, 0.2) is 24.3 Å². The molecule has 1 aromatic carbocycles. The van der Waals surface area contributed by atoms with E-state index in [4.69, 9.17) is 0 Å². The van der Waals surface area contributed by atoms with Crippen LogP contribution < -0.4 is 5.32 Å². The zero-order chi connectivity index (χ0) is 14.1. The molecule has 1 aromatic rings. The van der Waals surface area contributed by atoms with Gasteiger partial charge in [-0.25, -0.2) is 0 Å². The molecule has 0 saturated carbocycles. The molecule has 0 fully saturated rings. The Kier molecular flexibility index (Phi) is 6.93. The van der Waals surface area contributed by atoms with Gasteiger partial charge in [0.25, 0.3) is 0 Å². The van der Waals surface area contributed by atoms with Crippen LogP contribution in [0.3, 0.4) is 0 Å². The Labute approximate surface area is 118 Å². The highest BCUT2D eigenvalue weighted by Crippen LogP contribution is 2.22. The largest absolute Gasteiger partial charge is 0.394 e. The molecule has 1 rings (SSSR count). The first kappa shape index (κ1) is 16.0. The summed E-state index contributed by atoms with van der Waals surface area (Å²) in [7, 11) is 0. The van der Waals surface area contributed by atoms with Crippen molar-refractivity contribution >= 4 is 5.69 Å². The molecule has 0 heterocycles. The minimum absolute atomic E-state index is 0.175. The monoisotopic (exact) mass is 263 g/mol. The van der Waals surface area contributed by atoms with Crippen LogP contribution >= 0.6 is 0 Å². The Morgan fingerprint density at radius 2 is 1.89 bits per heavy atom. The van der Waals surface area contributed by atoms with Crippen molar-refractivity contribution in [2.45, 2.75) is 64.8 Å². The molecular weight excluding hydrogens is 234 g/mol. The molecule has 2 nitrogen and oxygen atoms in total. The van der Waals surface area contributed by atoms with Crippen molar-refractivity contribution in [1.29, 1.82) is 0 Å². The Balaban J connectivity index is 2.45. The Hall–Kier alpha value is -1.02. The molecule has 0 aliphatic carbocycles. The van der Waals surface area contributed by atoms with Crippen molar-refractivity contribution in [3.05, 3.63) is 29.8 Å². The third kappa shape index (κ3) is 6.11. The molecule has 0 aromatic heterocycles. The minimum Gasteiger partial charge on any atom is -0.394 e. The van der Waals surface area contributed by atoms with Crippen LogP contribution in [-0.2, 0) is 0 Å². The van der Waals surface area contributed by atoms with Crippen LogP contribution in [-0.4, -0.2) is 17.3 Å². The summed E-state index contributed by atoms with van der Waals surface area (Å²) < 4.78 is 0. The van der Waals surface area contributed by atoms with E-state index in [1.54, 1.807) is 0 Å². The highest BCUT2D eigenvalue weighted by atomic mass is 16.3. The first-order chi connectivity index (χ1) is 9.09. The summed E-state index contributed by atoms with van der Waals surface area (Å²) in [6, 6.07) is 8.34. The number of aryl methyl sites for hydroxylation is 1. The number of aliphatic hydroxyl groups excluding tert-OH is 1. The number of anilines is 1. The summed E-state index contributed by atoms with van der Waals surface area (Å²) in [6.07, 6.45) is 7.36. The second-order valence-electron chi connectivity index (χ2n) is 5.88. The first-order valence-electron chi connectivity index (χ1n) is 7.55. The van der Waals surface area contributed by atoms with Crippen molar-refractivity contribution in [3.8, 4) is 0 Å². The average Bonchev–Trinajstić information content (AvgIpc) is 2.38. The molecule has 0 radical (unpaired) electrons. The number of aliphatic hydroxyl groups is 1. The van der Waals surface area contributed by atoms with E-state index >= 15 is 0 Å². The Morgan fingerprint density at radius 3 is 2.53 bits per heavy atom. The molecule has 0 bridgehead atoms. The molecule has 1 atom stereocenters. The SMILES string of the molecule is CCCCCCCC(C)(CO)Nc1cccc(C)c1. The van der Waals surface area contributed by atoms with Crippen LogP contribution in [0.25, 0.3) is 0 Å². The normalized spacial score (nSPS) is 14.1. The van der Waals surface area contributed by atoms with Crippen molar-refractivity contribution in [3.63, 3.8) is 0 Å². The Morgan fingerprint density at radius 1 is 1.16 bits per heavy atom. The van der Waals surface area contributed by atoms with Crippen LogP contribution in [0.4, 0.5) is 5.69 Å². The van der Waals surface area contributed by atoms with Gasteiger partial charge in [0.15, 0.2) is 0 Å². The molecule has 108 valence electrons. The number of hydrogen-bond donors (Lipinski definition) is 2. The van der Waals surface area contributed by atoms with E-state index in [9.17, 15) is 5.11 Å². The van der Waals surface area contributed by atoms with Gasteiger partial charge in [-0.1, -0.05) is 51.2 Å². The van der Waals surface area contributed by atoms with Crippen molar-refractivity contribution in [2.75, 3.05) is 11.9 Å². The van der Waals surface area contributed by atoms with E-state index in [-0.39, 0.29) is 12.1 Å². The molecule has 2 N–H and O–H groups in total. The summed E-state index contributed by atoms with van der Waals surface area (Å²) in [5, 5.41) is 13.1. The van der Waals surface area contributed by atoms with E-state index in [0.717, 1.165) is 12.1 Å². The van der Waals surface area contributed by atoms with Crippen molar-refractivity contribution in [1.82, 2.24) is 0 Å². The fourth-order valence-corrected chi connectivity index (χ4v) is 2.37. The summed E-state index contributed by atoms with van der Waals surface area (Å²) in [5.41, 5.74) is 2.14. The van der Waals surface area contributed by atoms with Crippen LogP contribution in [0, 0.1) is 6.92 Å². The smallest absolute Gasteiger partial charge is 0.0658 e. The quantitative estimate of drug-likeness (QED) is 0.642. The molecule has 2 heteroatoms. The zero-order valence-corrected chi connectivity index (χ0v) is 12.7. The van der Waals surface area contributed by atoms with E-state index in [2.05, 4.69) is 50.4 Å². The molecule has 0 aliphatic heterocycles. The maximum atomic E-state index is 9.66. The van der Waals surface area contributed by atoms with E-state index in [1.165, 1.54) is 37.7 Å². The maximum absolute atomic E-state index is 9.66. The number of rotatable bonds is 9. The van der Waals surface area contributed by atoms with Crippen LogP contribution in [0.1, 0.15) is 57.9 Å². The highest BCUT2D eigenvalue weighted by molar-refractivity contribution is 5.47. The topological polar surface area (TPSA) is 32.3 Å². The third-order valence-electron chi connectivity index (χ3n) is 3.65. The van der Waals surface area contributed by atoms with Gasteiger partial charge < -0.3 is 10.4 Å². The first-order valence-corrected chi connectivity index (χ1v) is 7.55. The zero-order valence-electron chi connectivity index (χ0n) is 12.7. The standard InChI is InChI=1S/C17H29NO/c1-4-5-6-7-8-12-17(3,14-19)18-16-11-9-10-15(2)13-16/h9-11,13,18-19H,4-8,12,14H2,1-3H3. The van der Waals surface area contributed by atoms with Crippen LogP contribution in [0.5, 0.6) is 0 Å². The lowest BCUT2D eigenvalue weighted by Gasteiger charge is -2.30. The molecule has 0 spiro atoms. The maximum Gasteiger partial charge on any atom is 0.0658 e. The van der Waals surface area contributed by atoms with Gasteiger partial charge in [0.1, 0.15) is 0 Å². The van der Waals surface area contributed by atoms with E-state index < -0.39 is 0 Å². The number of nitrogens with one attached hydrogen (secondary N) is 1. The lowest BCUT2D eigenvalue weighted by atomic mass is 9.94. The molecular formula is C17H29NO. The highest BCUT2D eigenvalue weighted by Gasteiger charge is 2.22. The number of benzene rings is 1. The molecule has 0 saturated heterocycles. The summed E-state index contributed by atoms with van der Waals surface area (Å²) in [5.74, 6) is 0. The van der Waals surface area contributed by atoms with Crippen molar-refractivity contribution < 1.29 is 5.11 Å². The van der Waals surface area contributed by atoms with E-state index in [1.807, 2.05) is 0 Å². The second-order valence-corrected chi connectivity index (χ2v) is 5.88. The summed E-state index contributed by atoms with van der Waals surface area (Å²) >= 11 is 0. The lowest BCUT2D eigenvalue weighted by molar-refractivity contribution is 0.211. The predicted molar refractivity (Wildman–Crippen MR) is 83.7 cm³/mol. The molecule has 0 aliphatic rings. The summed E-state index contributed by atoms with van der Waals surface area (Å²) in [4.78, 5) is 0. The third-order valence-corrected chi connectivity index (χ3v) is 3.65. The number of unbranched alkanes of at least 4 members (excludes halogenated alkanes) is 4. The van der Waals surface area contributed by atoms with Gasteiger partial charge in [0, 0.05) is 5.69 Å². The van der Waals surface area contributed by atoms with Crippen LogP contribution in [0.2, 0.25) is 0 Å². The summed E-state index contributed by atoms with van der Waals surface area (Å²) in [6.45, 7) is 6.60. The second kappa shape index (κ2) is 8.21. The van der Waals surface area contributed by atoms with E-state index in [0.29, 0.717) is 0 Å². The lowest BCUT2D eigenvalue weighted by Crippen LogP contribution is -2.38. The molecule has 1 unspecified atom stereocenters. The molecule has 0 amide bonds. The Bertz CT molecular complexity index is 364. The van der Waals surface area contributed by atoms with Gasteiger partial charge in [-0.15, -0.1) is 0 Å². The van der Waals surface area contributed by atoms with Gasteiger partial charge in [-0.2, -0.15) is 0 Å². The number of hydrogen-bond acceptors (Lipinski definition) is 2. The van der Waals surface area contributed by atoms with Gasteiger partial charge >= 0.3 is 0 Å². The average molecular weight is 263 g/mol. The molecule has 19 heavy (non-hydrogen) atoms. The predicted octanol–water partition coefficient (Wildman–Crippen LogP) is 4.52. The fourth-order valence-electron chi connectivity index (χ4n) is 2.37. The van der Waals surface area contributed by atoms with Crippen molar-refractivity contribution in [2.24, 2.45) is 0 Å².